The van der Waals surface area contributed by atoms with E-state index in [9.17, 15) is 9.59 Å². The van der Waals surface area contributed by atoms with Gasteiger partial charge in [-0.05, 0) is 12.3 Å². The average Bonchev–Trinajstić information content (AvgIpc) is 2.60. The lowest BCUT2D eigenvalue weighted by Crippen LogP contribution is -2.38. The van der Waals surface area contributed by atoms with Crippen molar-refractivity contribution in [3.05, 3.63) is 12.7 Å². The fourth-order valence-electron chi connectivity index (χ4n) is 1.26. The minimum absolute atomic E-state index is 0.0789. The van der Waals surface area contributed by atoms with Crippen molar-refractivity contribution in [3.8, 4) is 12.3 Å². The third-order valence-corrected chi connectivity index (χ3v) is 1.93. The summed E-state index contributed by atoms with van der Waals surface area (Å²) in [5.74, 6) is 1.56. The maximum Gasteiger partial charge on any atom is 0.332 e. The Bertz CT molecular complexity index is 303. The largest absolute Gasteiger partial charge is 0.427 e. The van der Waals surface area contributed by atoms with Crippen LogP contribution < -0.4 is 0 Å². The summed E-state index contributed by atoms with van der Waals surface area (Å²) in [6.45, 7) is 3.79. The third kappa shape index (κ3) is 2.13. The predicted octanol–water partition coefficient (Wildman–Crippen LogP) is 0.297. The number of rotatable bonds is 3. The van der Waals surface area contributed by atoms with Gasteiger partial charge in [-0.2, -0.15) is 0 Å². The summed E-state index contributed by atoms with van der Waals surface area (Å²) in [6.07, 6.45) is 6.50. The molecule has 1 saturated heterocycles. The molecule has 0 N–H and O–H groups in total. The maximum atomic E-state index is 11.3. The van der Waals surface area contributed by atoms with Gasteiger partial charge < -0.3 is 4.74 Å². The van der Waals surface area contributed by atoms with Crippen LogP contribution >= 0.6 is 0 Å². The summed E-state index contributed by atoms with van der Waals surface area (Å²) in [6, 6.07) is 0. The molecule has 1 unspecified atom stereocenters. The Hall–Kier alpha value is -1.76. The van der Waals surface area contributed by atoms with E-state index in [1.807, 2.05) is 0 Å². The molecule has 14 heavy (non-hydrogen) atoms. The number of terminal acetylenes is 1. The predicted molar refractivity (Wildman–Crippen MR) is 49.9 cm³/mol. The Kier molecular flexibility index (Phi) is 3.29. The summed E-state index contributed by atoms with van der Waals surface area (Å²) < 4.78 is 4.82. The topological polar surface area (TPSA) is 46.6 Å². The van der Waals surface area contributed by atoms with Gasteiger partial charge in [0.05, 0.1) is 0 Å². The van der Waals surface area contributed by atoms with Gasteiger partial charge in [0.1, 0.15) is 0 Å². The van der Waals surface area contributed by atoms with Crippen molar-refractivity contribution in [1.29, 1.82) is 0 Å². The van der Waals surface area contributed by atoms with Crippen LogP contribution in [0, 0.1) is 12.3 Å². The number of ether oxygens (including phenoxy) is 1. The highest BCUT2D eigenvalue weighted by Crippen LogP contribution is 2.14. The highest BCUT2D eigenvalue weighted by Gasteiger charge is 2.28. The number of likely N-dealkylation sites (tertiary alicyclic amines) is 1. The minimum atomic E-state index is -0.893. The van der Waals surface area contributed by atoms with Gasteiger partial charge in [-0.25, -0.2) is 4.79 Å². The van der Waals surface area contributed by atoms with Crippen LogP contribution in [0.15, 0.2) is 12.7 Å². The number of carbonyl (C=O) groups excluding carboxylic acids is 2. The zero-order chi connectivity index (χ0) is 10.6. The molecule has 1 fully saturated rings. The molecule has 0 aromatic rings. The van der Waals surface area contributed by atoms with Crippen LogP contribution in [0.5, 0.6) is 0 Å². The smallest absolute Gasteiger partial charge is 0.332 e. The van der Waals surface area contributed by atoms with Gasteiger partial charge >= 0.3 is 5.97 Å². The van der Waals surface area contributed by atoms with Crippen LogP contribution in [-0.4, -0.2) is 29.5 Å². The van der Waals surface area contributed by atoms with Crippen LogP contribution in [-0.2, 0) is 14.3 Å². The van der Waals surface area contributed by atoms with Crippen molar-refractivity contribution in [2.75, 3.05) is 6.54 Å². The maximum absolute atomic E-state index is 11.3. The molecule has 0 bridgehead atoms. The lowest BCUT2D eigenvalue weighted by atomic mass is 10.4. The summed E-state index contributed by atoms with van der Waals surface area (Å²) in [5.41, 5.74) is 0. The molecule has 4 nitrogen and oxygen atoms in total. The number of amides is 1. The van der Waals surface area contributed by atoms with Gasteiger partial charge in [0.15, 0.2) is 0 Å². The molecule has 0 aliphatic carbocycles. The number of nitrogens with zero attached hydrogens (tertiary/aromatic N) is 1. The van der Waals surface area contributed by atoms with Gasteiger partial charge in [0.2, 0.25) is 12.1 Å². The number of esters is 1. The Morgan fingerprint density at radius 3 is 2.93 bits per heavy atom. The summed E-state index contributed by atoms with van der Waals surface area (Å²) in [5, 5.41) is 0. The highest BCUT2D eigenvalue weighted by molar-refractivity contribution is 5.82. The van der Waals surface area contributed by atoms with E-state index < -0.39 is 12.2 Å². The molecule has 0 radical (unpaired) electrons. The van der Waals surface area contributed by atoms with Gasteiger partial charge in [0.25, 0.3) is 0 Å². The third-order valence-electron chi connectivity index (χ3n) is 1.93. The van der Waals surface area contributed by atoms with Crippen LogP contribution in [0.1, 0.15) is 12.8 Å². The number of hydrogen-bond donors (Lipinski definition) is 0. The summed E-state index contributed by atoms with van der Waals surface area (Å²) in [7, 11) is 0. The molecule has 1 atom stereocenters. The molecule has 1 amide bonds. The molecule has 1 aliphatic rings. The van der Waals surface area contributed by atoms with Gasteiger partial charge in [-0.1, -0.05) is 6.58 Å². The lowest BCUT2D eigenvalue weighted by Gasteiger charge is -2.22. The molecule has 0 aromatic carbocycles. The van der Waals surface area contributed by atoms with E-state index >= 15 is 0 Å². The van der Waals surface area contributed by atoms with E-state index in [1.54, 1.807) is 0 Å². The van der Waals surface area contributed by atoms with E-state index in [0.29, 0.717) is 13.0 Å². The Balaban J connectivity index is 2.62. The lowest BCUT2D eigenvalue weighted by molar-refractivity contribution is -0.152. The second kappa shape index (κ2) is 4.47. The fourth-order valence-corrected chi connectivity index (χ4v) is 1.26. The molecular formula is C10H11NO3. The van der Waals surface area contributed by atoms with Crippen molar-refractivity contribution >= 4 is 11.9 Å². The van der Waals surface area contributed by atoms with Gasteiger partial charge in [0, 0.05) is 19.0 Å². The first kappa shape index (κ1) is 10.3. The molecule has 4 heteroatoms. The Morgan fingerprint density at radius 1 is 1.79 bits per heavy atom. The minimum Gasteiger partial charge on any atom is -0.427 e. The first-order valence-corrected chi connectivity index (χ1v) is 4.27. The zero-order valence-corrected chi connectivity index (χ0v) is 7.73. The van der Waals surface area contributed by atoms with Crippen molar-refractivity contribution in [2.45, 2.75) is 19.1 Å². The Labute approximate surface area is 82.5 Å². The molecule has 0 spiro atoms. The fraction of sp³-hybridized carbons (Fsp3) is 0.400. The molecule has 0 aromatic heterocycles. The quantitative estimate of drug-likeness (QED) is 0.368. The van der Waals surface area contributed by atoms with E-state index in [0.717, 1.165) is 12.5 Å². The summed E-state index contributed by atoms with van der Waals surface area (Å²) in [4.78, 5) is 23.5. The van der Waals surface area contributed by atoms with Crippen molar-refractivity contribution in [3.63, 3.8) is 0 Å². The number of carbonyl (C=O) groups is 2. The molecule has 1 heterocycles. The van der Waals surface area contributed by atoms with Crippen molar-refractivity contribution in [1.82, 2.24) is 4.90 Å². The molecular weight excluding hydrogens is 182 g/mol. The van der Waals surface area contributed by atoms with Crippen LogP contribution in [0.4, 0.5) is 0 Å². The first-order chi connectivity index (χ1) is 6.69. The van der Waals surface area contributed by atoms with Crippen LogP contribution in [0.2, 0.25) is 0 Å². The standard InChI is InChI=1S/C10H11NO3/c1-3-9(14-10(13)4-2)11-7-5-6-8(11)12/h1,4,9H,2,5-7H2. The molecule has 0 saturated carbocycles. The van der Waals surface area contributed by atoms with Crippen molar-refractivity contribution < 1.29 is 14.3 Å². The highest BCUT2D eigenvalue weighted by atomic mass is 16.6. The zero-order valence-electron chi connectivity index (χ0n) is 7.73. The van der Waals surface area contributed by atoms with E-state index in [2.05, 4.69) is 12.5 Å². The van der Waals surface area contributed by atoms with Crippen molar-refractivity contribution in [2.24, 2.45) is 0 Å². The van der Waals surface area contributed by atoms with Gasteiger partial charge in [-0.15, -0.1) is 6.42 Å². The average molecular weight is 193 g/mol. The van der Waals surface area contributed by atoms with Crippen LogP contribution in [0.25, 0.3) is 0 Å². The summed E-state index contributed by atoms with van der Waals surface area (Å²) >= 11 is 0. The Morgan fingerprint density at radius 2 is 2.50 bits per heavy atom. The normalized spacial score (nSPS) is 17.4. The van der Waals surface area contributed by atoms with Gasteiger partial charge in [-0.3, -0.25) is 9.69 Å². The van der Waals surface area contributed by atoms with E-state index in [-0.39, 0.29) is 5.91 Å². The second-order valence-corrected chi connectivity index (χ2v) is 2.85. The molecule has 74 valence electrons. The monoisotopic (exact) mass is 193 g/mol. The van der Waals surface area contributed by atoms with E-state index in [4.69, 9.17) is 11.2 Å². The van der Waals surface area contributed by atoms with E-state index in [1.165, 1.54) is 4.90 Å². The first-order valence-electron chi connectivity index (χ1n) is 4.27. The SMILES string of the molecule is C#CC(OC(=O)C=C)N1CCCC1=O. The molecule has 1 rings (SSSR count). The van der Waals surface area contributed by atoms with Crippen LogP contribution in [0.3, 0.4) is 0 Å². The molecule has 1 aliphatic heterocycles. The second-order valence-electron chi connectivity index (χ2n) is 2.85. The number of hydrogen-bond acceptors (Lipinski definition) is 3.